The molecule has 1 aromatic heterocycles. The average molecular weight is 282 g/mol. The number of nitrogens with one attached hydrogen (secondary N) is 1. The van der Waals surface area contributed by atoms with Gasteiger partial charge in [-0.2, -0.15) is 0 Å². The van der Waals surface area contributed by atoms with Gasteiger partial charge >= 0.3 is 5.97 Å². The topological polar surface area (TPSA) is 55.0 Å². The molecule has 116 valence electrons. The third-order valence-electron chi connectivity index (χ3n) is 2.12. The first-order valence-electron chi connectivity index (χ1n) is 7.52. The fraction of sp³-hybridized carbons (Fsp3) is 0.625. The van der Waals surface area contributed by atoms with Crippen LogP contribution in [-0.4, -0.2) is 22.5 Å². The molecule has 0 unspecified atom stereocenters. The fourth-order valence-electron chi connectivity index (χ4n) is 1.44. The smallest absolute Gasteiger partial charge is 0.357 e. The molecule has 0 amide bonds. The first-order valence-corrected chi connectivity index (χ1v) is 7.52. The van der Waals surface area contributed by atoms with E-state index in [-0.39, 0.29) is 5.97 Å². The molecule has 1 aromatic rings. The molecule has 0 aromatic carbocycles. The maximum Gasteiger partial charge on any atom is 0.357 e. The number of imidazole rings is 1. The maximum absolute atomic E-state index is 11.7. The van der Waals surface area contributed by atoms with E-state index in [0.717, 1.165) is 24.2 Å². The highest BCUT2D eigenvalue weighted by Gasteiger charge is 2.18. The number of carbonyl (C=O) groups excluding carboxylic acids is 1. The van der Waals surface area contributed by atoms with Gasteiger partial charge in [0.2, 0.25) is 0 Å². The van der Waals surface area contributed by atoms with Crippen LogP contribution in [0.3, 0.4) is 0 Å². The predicted molar refractivity (Wildman–Crippen MR) is 85.9 cm³/mol. The SMILES string of the molecule is C=C(C)c1nc(CCC)[nH]c1C(=O)OCC.CC.CC. The second-order valence-corrected chi connectivity index (χ2v) is 3.66. The summed E-state index contributed by atoms with van der Waals surface area (Å²) in [6.45, 7) is 17.8. The van der Waals surface area contributed by atoms with Crippen LogP contribution in [0.5, 0.6) is 0 Å². The van der Waals surface area contributed by atoms with Crippen molar-refractivity contribution in [3.8, 4) is 0 Å². The monoisotopic (exact) mass is 282 g/mol. The van der Waals surface area contributed by atoms with Gasteiger partial charge in [0.1, 0.15) is 5.82 Å². The lowest BCUT2D eigenvalue weighted by atomic mass is 10.2. The van der Waals surface area contributed by atoms with Crippen LogP contribution >= 0.6 is 0 Å². The molecule has 0 aliphatic rings. The fourth-order valence-corrected chi connectivity index (χ4v) is 1.44. The van der Waals surface area contributed by atoms with Crippen molar-refractivity contribution in [2.24, 2.45) is 0 Å². The lowest BCUT2D eigenvalue weighted by molar-refractivity contribution is 0.0519. The Morgan fingerprint density at radius 1 is 1.25 bits per heavy atom. The van der Waals surface area contributed by atoms with Crippen LogP contribution in [0, 0.1) is 0 Å². The lowest BCUT2D eigenvalue weighted by Gasteiger charge is -2.01. The van der Waals surface area contributed by atoms with Crippen LogP contribution in [0.4, 0.5) is 0 Å². The highest BCUT2D eigenvalue weighted by atomic mass is 16.5. The number of hydrogen-bond acceptors (Lipinski definition) is 3. The molecule has 1 heterocycles. The van der Waals surface area contributed by atoms with Gasteiger partial charge in [0.15, 0.2) is 5.69 Å². The summed E-state index contributed by atoms with van der Waals surface area (Å²) in [5.74, 6) is 0.443. The van der Waals surface area contributed by atoms with Gasteiger partial charge in [0.25, 0.3) is 0 Å². The largest absolute Gasteiger partial charge is 0.461 e. The second kappa shape index (κ2) is 12.5. The zero-order valence-electron chi connectivity index (χ0n) is 14.1. The summed E-state index contributed by atoms with van der Waals surface area (Å²) in [6.07, 6.45) is 1.80. The molecule has 0 saturated heterocycles. The minimum atomic E-state index is -0.365. The van der Waals surface area contributed by atoms with E-state index in [9.17, 15) is 4.79 Å². The molecule has 4 nitrogen and oxygen atoms in total. The van der Waals surface area contributed by atoms with E-state index in [1.165, 1.54) is 0 Å². The normalized spacial score (nSPS) is 8.75. The highest BCUT2D eigenvalue weighted by Crippen LogP contribution is 2.16. The van der Waals surface area contributed by atoms with Gasteiger partial charge < -0.3 is 9.72 Å². The van der Waals surface area contributed by atoms with Crippen molar-refractivity contribution in [1.82, 2.24) is 9.97 Å². The van der Waals surface area contributed by atoms with Crippen LogP contribution in [0.2, 0.25) is 0 Å². The maximum atomic E-state index is 11.7. The first-order chi connectivity index (χ1) is 9.60. The number of aromatic nitrogens is 2. The van der Waals surface area contributed by atoms with E-state index in [0.29, 0.717) is 18.0 Å². The number of hydrogen-bond donors (Lipinski definition) is 1. The van der Waals surface area contributed by atoms with Gasteiger partial charge in [-0.3, -0.25) is 0 Å². The number of carbonyl (C=O) groups is 1. The van der Waals surface area contributed by atoms with Crippen molar-refractivity contribution in [1.29, 1.82) is 0 Å². The van der Waals surface area contributed by atoms with E-state index in [1.807, 2.05) is 34.6 Å². The molecular formula is C16H30N2O2. The second-order valence-electron chi connectivity index (χ2n) is 3.66. The van der Waals surface area contributed by atoms with Crippen LogP contribution in [0.25, 0.3) is 5.57 Å². The Kier molecular flexibility index (Phi) is 12.9. The first kappa shape index (κ1) is 20.7. The Balaban J connectivity index is 0. The highest BCUT2D eigenvalue weighted by molar-refractivity contribution is 5.92. The van der Waals surface area contributed by atoms with Crippen molar-refractivity contribution >= 4 is 11.5 Å². The Hall–Kier alpha value is -1.58. The summed E-state index contributed by atoms with van der Waals surface area (Å²) < 4.78 is 4.96. The molecule has 0 spiro atoms. The van der Waals surface area contributed by atoms with Crippen LogP contribution in [0.15, 0.2) is 6.58 Å². The van der Waals surface area contributed by atoms with E-state index < -0.39 is 0 Å². The number of nitrogens with zero attached hydrogens (tertiary/aromatic N) is 1. The molecule has 20 heavy (non-hydrogen) atoms. The Labute approximate surface area is 123 Å². The van der Waals surface area contributed by atoms with Crippen molar-refractivity contribution in [2.45, 2.75) is 61.3 Å². The Bertz CT molecular complexity index is 395. The van der Waals surface area contributed by atoms with Crippen molar-refractivity contribution < 1.29 is 9.53 Å². The van der Waals surface area contributed by atoms with Gasteiger partial charge in [-0.25, -0.2) is 9.78 Å². The summed E-state index contributed by atoms with van der Waals surface area (Å²) in [5.41, 5.74) is 1.79. The number of aromatic amines is 1. The van der Waals surface area contributed by atoms with E-state index in [2.05, 4.69) is 23.5 Å². The number of allylic oxidation sites excluding steroid dienone is 1. The van der Waals surface area contributed by atoms with Gasteiger partial charge in [-0.1, -0.05) is 41.2 Å². The van der Waals surface area contributed by atoms with Gasteiger partial charge in [-0.05, 0) is 25.8 Å². The molecule has 0 fully saturated rings. The van der Waals surface area contributed by atoms with E-state index in [4.69, 9.17) is 4.74 Å². The molecule has 1 N–H and O–H groups in total. The van der Waals surface area contributed by atoms with Gasteiger partial charge in [-0.15, -0.1) is 0 Å². The van der Waals surface area contributed by atoms with Gasteiger partial charge in [0, 0.05) is 6.42 Å². The van der Waals surface area contributed by atoms with E-state index in [1.54, 1.807) is 6.92 Å². The zero-order valence-corrected chi connectivity index (χ0v) is 14.1. The summed E-state index contributed by atoms with van der Waals surface area (Å²) in [6, 6.07) is 0. The third-order valence-corrected chi connectivity index (χ3v) is 2.12. The average Bonchev–Trinajstić information content (AvgIpc) is 2.88. The Morgan fingerprint density at radius 2 is 1.80 bits per heavy atom. The van der Waals surface area contributed by atoms with Crippen LogP contribution in [-0.2, 0) is 11.2 Å². The number of rotatable bonds is 5. The molecule has 0 bridgehead atoms. The molecule has 1 rings (SSSR count). The van der Waals surface area contributed by atoms with Gasteiger partial charge in [0.05, 0.1) is 12.3 Å². The zero-order chi connectivity index (χ0) is 16.1. The quantitative estimate of drug-likeness (QED) is 0.801. The van der Waals surface area contributed by atoms with E-state index >= 15 is 0 Å². The Morgan fingerprint density at radius 3 is 2.20 bits per heavy atom. The minimum absolute atomic E-state index is 0.358. The molecule has 0 saturated carbocycles. The minimum Gasteiger partial charge on any atom is -0.461 e. The summed E-state index contributed by atoms with van der Waals surface area (Å²) in [4.78, 5) is 19.0. The summed E-state index contributed by atoms with van der Waals surface area (Å²) in [5, 5.41) is 0. The molecule has 0 atom stereocenters. The lowest BCUT2D eigenvalue weighted by Crippen LogP contribution is -2.07. The summed E-state index contributed by atoms with van der Waals surface area (Å²) >= 11 is 0. The van der Waals surface area contributed by atoms with Crippen LogP contribution < -0.4 is 0 Å². The predicted octanol–water partition coefficient (Wildman–Crippen LogP) is 4.62. The van der Waals surface area contributed by atoms with Crippen molar-refractivity contribution in [3.05, 3.63) is 23.8 Å². The van der Waals surface area contributed by atoms with Crippen LogP contribution in [0.1, 0.15) is 76.9 Å². The number of H-pyrrole nitrogens is 1. The number of esters is 1. The molecule has 0 aliphatic heterocycles. The standard InChI is InChI=1S/C12H18N2O2.2C2H6/c1-5-7-9-13-10(8(3)4)11(14-9)12(15)16-6-2;2*1-2/h3,5-7H2,1-2,4H3,(H,13,14);2*1-2H3. The number of aryl methyl sites for hydroxylation is 1. The molecular weight excluding hydrogens is 252 g/mol. The molecule has 0 radical (unpaired) electrons. The van der Waals surface area contributed by atoms with Crippen molar-refractivity contribution in [3.63, 3.8) is 0 Å². The number of ether oxygens (including phenoxy) is 1. The molecule has 0 aliphatic carbocycles. The molecule has 4 heteroatoms. The summed E-state index contributed by atoms with van der Waals surface area (Å²) in [7, 11) is 0. The third kappa shape index (κ3) is 6.55. The van der Waals surface area contributed by atoms with Crippen molar-refractivity contribution in [2.75, 3.05) is 6.61 Å².